The van der Waals surface area contributed by atoms with Crippen LogP contribution in [0.5, 0.6) is 0 Å². The van der Waals surface area contributed by atoms with Crippen LogP contribution in [-0.4, -0.2) is 43.6 Å². The van der Waals surface area contributed by atoms with E-state index in [2.05, 4.69) is 4.72 Å². The summed E-state index contributed by atoms with van der Waals surface area (Å²) in [5.74, 6) is 0.307. The Labute approximate surface area is 103 Å². The fourth-order valence-corrected chi connectivity index (χ4v) is 3.51. The smallest absolute Gasteiger partial charge is 0.279 e. The first-order valence-corrected chi connectivity index (χ1v) is 7.96. The summed E-state index contributed by atoms with van der Waals surface area (Å²) in [7, 11) is -3.38. The topological polar surface area (TPSA) is 69.6 Å². The maximum atomic E-state index is 12.0. The van der Waals surface area contributed by atoms with E-state index in [-0.39, 0.29) is 6.54 Å². The SMILES string of the molecule is O=S(=O)(NCC(O)C1CC1)N1CCCCCC1. The van der Waals surface area contributed by atoms with Crippen LogP contribution in [-0.2, 0) is 10.2 Å². The molecular formula is C11H22N2O3S. The molecule has 2 rings (SSSR count). The molecule has 1 heterocycles. The molecule has 1 atom stereocenters. The highest BCUT2D eigenvalue weighted by atomic mass is 32.2. The number of nitrogens with zero attached hydrogens (tertiary/aromatic N) is 1. The number of rotatable bonds is 5. The van der Waals surface area contributed by atoms with Gasteiger partial charge in [0.1, 0.15) is 0 Å². The number of nitrogens with one attached hydrogen (secondary N) is 1. The summed E-state index contributed by atoms with van der Waals surface area (Å²) in [5.41, 5.74) is 0. The van der Waals surface area contributed by atoms with Gasteiger partial charge in [0.15, 0.2) is 0 Å². The Morgan fingerprint density at radius 3 is 2.29 bits per heavy atom. The van der Waals surface area contributed by atoms with Crippen molar-refractivity contribution in [2.24, 2.45) is 5.92 Å². The van der Waals surface area contributed by atoms with E-state index in [1.807, 2.05) is 0 Å². The van der Waals surface area contributed by atoms with Gasteiger partial charge in [-0.15, -0.1) is 0 Å². The first kappa shape index (κ1) is 13.3. The van der Waals surface area contributed by atoms with Crippen molar-refractivity contribution in [2.75, 3.05) is 19.6 Å². The van der Waals surface area contributed by atoms with Crippen molar-refractivity contribution in [3.05, 3.63) is 0 Å². The minimum atomic E-state index is -3.38. The molecule has 1 aliphatic heterocycles. The van der Waals surface area contributed by atoms with Crippen LogP contribution in [0.15, 0.2) is 0 Å². The van der Waals surface area contributed by atoms with Crippen molar-refractivity contribution < 1.29 is 13.5 Å². The highest BCUT2D eigenvalue weighted by Gasteiger charge is 2.31. The van der Waals surface area contributed by atoms with Crippen LogP contribution >= 0.6 is 0 Å². The molecule has 0 radical (unpaired) electrons. The van der Waals surface area contributed by atoms with Crippen LogP contribution in [0, 0.1) is 5.92 Å². The zero-order valence-electron chi connectivity index (χ0n) is 10.1. The predicted octanol–water partition coefficient (Wildman–Crippen LogP) is 0.468. The number of hydrogen-bond acceptors (Lipinski definition) is 3. The summed E-state index contributed by atoms with van der Waals surface area (Å²) < 4.78 is 28.0. The van der Waals surface area contributed by atoms with Crippen molar-refractivity contribution in [3.63, 3.8) is 0 Å². The van der Waals surface area contributed by atoms with E-state index < -0.39 is 16.3 Å². The first-order valence-electron chi connectivity index (χ1n) is 6.52. The average molecular weight is 262 g/mol. The summed E-state index contributed by atoms with van der Waals surface area (Å²) in [6.45, 7) is 1.37. The van der Waals surface area contributed by atoms with Crippen LogP contribution in [0.1, 0.15) is 38.5 Å². The molecule has 0 aromatic rings. The van der Waals surface area contributed by atoms with Crippen molar-refractivity contribution in [2.45, 2.75) is 44.6 Å². The lowest BCUT2D eigenvalue weighted by Crippen LogP contribution is -2.44. The van der Waals surface area contributed by atoms with Gasteiger partial charge in [0.2, 0.25) is 0 Å². The minimum absolute atomic E-state index is 0.156. The van der Waals surface area contributed by atoms with Gasteiger partial charge >= 0.3 is 0 Å². The first-order chi connectivity index (χ1) is 8.09. The van der Waals surface area contributed by atoms with E-state index in [0.29, 0.717) is 19.0 Å². The van der Waals surface area contributed by atoms with Gasteiger partial charge in [-0.1, -0.05) is 12.8 Å². The van der Waals surface area contributed by atoms with Crippen molar-refractivity contribution >= 4 is 10.2 Å². The molecule has 6 heteroatoms. The minimum Gasteiger partial charge on any atom is -0.391 e. The monoisotopic (exact) mass is 262 g/mol. The quantitative estimate of drug-likeness (QED) is 0.756. The Morgan fingerprint density at radius 1 is 1.18 bits per heavy atom. The van der Waals surface area contributed by atoms with Gasteiger partial charge in [-0.25, -0.2) is 0 Å². The lowest BCUT2D eigenvalue weighted by molar-refractivity contribution is 0.154. The Kier molecular flexibility index (Phi) is 4.41. The molecule has 1 saturated carbocycles. The van der Waals surface area contributed by atoms with E-state index in [4.69, 9.17) is 0 Å². The van der Waals surface area contributed by atoms with Crippen molar-refractivity contribution in [1.29, 1.82) is 0 Å². The summed E-state index contributed by atoms with van der Waals surface area (Å²) in [5, 5.41) is 9.66. The normalized spacial score (nSPS) is 25.5. The van der Waals surface area contributed by atoms with Crippen LogP contribution in [0.4, 0.5) is 0 Å². The summed E-state index contributed by atoms with van der Waals surface area (Å²) in [6, 6.07) is 0. The zero-order chi connectivity index (χ0) is 12.3. The van der Waals surface area contributed by atoms with Crippen molar-refractivity contribution in [1.82, 2.24) is 9.03 Å². The lowest BCUT2D eigenvalue weighted by Gasteiger charge is -2.21. The summed E-state index contributed by atoms with van der Waals surface area (Å²) >= 11 is 0. The van der Waals surface area contributed by atoms with Crippen LogP contribution in [0.2, 0.25) is 0 Å². The molecule has 0 spiro atoms. The Bertz CT molecular complexity index is 333. The molecule has 0 amide bonds. The zero-order valence-corrected chi connectivity index (χ0v) is 11.0. The van der Waals surface area contributed by atoms with E-state index in [1.165, 1.54) is 4.31 Å². The molecule has 2 aliphatic rings. The fraction of sp³-hybridized carbons (Fsp3) is 1.00. The number of aliphatic hydroxyl groups is 1. The third kappa shape index (κ3) is 3.91. The second kappa shape index (κ2) is 5.65. The Hall–Kier alpha value is -0.170. The molecule has 2 fully saturated rings. The predicted molar refractivity (Wildman–Crippen MR) is 65.7 cm³/mol. The van der Waals surface area contributed by atoms with Gasteiger partial charge in [-0.3, -0.25) is 0 Å². The number of aliphatic hydroxyl groups excluding tert-OH is 1. The van der Waals surface area contributed by atoms with Gasteiger partial charge in [0, 0.05) is 19.6 Å². The van der Waals surface area contributed by atoms with Crippen LogP contribution in [0.25, 0.3) is 0 Å². The molecule has 1 saturated heterocycles. The molecule has 0 aromatic heterocycles. The van der Waals surface area contributed by atoms with Gasteiger partial charge in [0.05, 0.1) is 6.10 Å². The van der Waals surface area contributed by atoms with E-state index in [0.717, 1.165) is 38.5 Å². The molecule has 5 nitrogen and oxygen atoms in total. The van der Waals surface area contributed by atoms with Gasteiger partial charge in [-0.2, -0.15) is 17.4 Å². The van der Waals surface area contributed by atoms with Gasteiger partial charge in [0.25, 0.3) is 10.2 Å². The fourth-order valence-electron chi connectivity index (χ4n) is 2.21. The van der Waals surface area contributed by atoms with E-state index in [1.54, 1.807) is 0 Å². The highest BCUT2D eigenvalue weighted by Crippen LogP contribution is 2.32. The molecular weight excluding hydrogens is 240 g/mol. The van der Waals surface area contributed by atoms with Gasteiger partial charge in [-0.05, 0) is 31.6 Å². The van der Waals surface area contributed by atoms with Crippen LogP contribution in [0.3, 0.4) is 0 Å². The average Bonchev–Trinajstić information content (AvgIpc) is 3.11. The molecule has 100 valence electrons. The van der Waals surface area contributed by atoms with E-state index in [9.17, 15) is 13.5 Å². The molecule has 1 unspecified atom stereocenters. The summed E-state index contributed by atoms with van der Waals surface area (Å²) in [4.78, 5) is 0. The Morgan fingerprint density at radius 2 is 1.76 bits per heavy atom. The second-order valence-electron chi connectivity index (χ2n) is 5.07. The summed E-state index contributed by atoms with van der Waals surface area (Å²) in [6.07, 6.45) is 5.61. The number of hydrogen-bond donors (Lipinski definition) is 2. The lowest BCUT2D eigenvalue weighted by atomic mass is 10.2. The molecule has 0 bridgehead atoms. The molecule has 0 aromatic carbocycles. The molecule has 1 aliphatic carbocycles. The maximum Gasteiger partial charge on any atom is 0.279 e. The van der Waals surface area contributed by atoms with Gasteiger partial charge < -0.3 is 5.11 Å². The molecule has 17 heavy (non-hydrogen) atoms. The standard InChI is InChI=1S/C11H22N2O3S/c14-11(10-5-6-10)9-12-17(15,16)13-7-3-1-2-4-8-13/h10-12,14H,1-9H2. The third-order valence-corrected chi connectivity index (χ3v) is 5.12. The third-order valence-electron chi connectivity index (χ3n) is 3.55. The Balaban J connectivity index is 1.83. The van der Waals surface area contributed by atoms with E-state index >= 15 is 0 Å². The maximum absolute atomic E-state index is 12.0. The van der Waals surface area contributed by atoms with Crippen molar-refractivity contribution in [3.8, 4) is 0 Å². The highest BCUT2D eigenvalue weighted by molar-refractivity contribution is 7.87. The largest absolute Gasteiger partial charge is 0.391 e. The molecule has 2 N–H and O–H groups in total. The van der Waals surface area contributed by atoms with Crippen LogP contribution < -0.4 is 4.72 Å². The second-order valence-corrected chi connectivity index (χ2v) is 6.83.